The van der Waals surface area contributed by atoms with Crippen LogP contribution >= 0.6 is 0 Å². The van der Waals surface area contributed by atoms with Crippen LogP contribution in [0, 0.1) is 0 Å². The molecule has 0 saturated carbocycles. The fraction of sp³-hybridized carbons (Fsp3) is 0.0556. The molecule has 2 aromatic rings. The van der Waals surface area contributed by atoms with E-state index in [1.54, 1.807) is 18.2 Å². The molecule has 0 aliphatic rings. The van der Waals surface area contributed by atoms with Gasteiger partial charge in [-0.3, -0.25) is 9.35 Å². The van der Waals surface area contributed by atoms with Gasteiger partial charge in [-0.15, -0.1) is 0 Å². The summed E-state index contributed by atoms with van der Waals surface area (Å²) < 4.78 is 32.7. The SMILES string of the molecule is C=C(C)C(=O)Nc1ccc(C=Cc2ccccc2)c(S(=O)(=O)O)c1. The highest BCUT2D eigenvalue weighted by Gasteiger charge is 2.15. The van der Waals surface area contributed by atoms with Gasteiger partial charge in [0.25, 0.3) is 16.0 Å². The van der Waals surface area contributed by atoms with Gasteiger partial charge in [0.1, 0.15) is 4.90 Å². The van der Waals surface area contributed by atoms with E-state index in [1.165, 1.54) is 19.1 Å². The van der Waals surface area contributed by atoms with E-state index in [4.69, 9.17) is 0 Å². The molecule has 0 spiro atoms. The molecule has 6 heteroatoms. The standard InChI is InChI=1S/C18H17NO4S/c1-13(2)18(20)19-16-11-10-15(17(12-16)24(21,22)23)9-8-14-6-4-3-5-7-14/h3-12H,1H2,2H3,(H,19,20)(H,21,22,23). The van der Waals surface area contributed by atoms with Gasteiger partial charge in [-0.2, -0.15) is 8.42 Å². The van der Waals surface area contributed by atoms with Gasteiger partial charge >= 0.3 is 0 Å². The predicted octanol–water partition coefficient (Wildman–Crippen LogP) is 3.62. The molecule has 0 radical (unpaired) electrons. The molecule has 0 atom stereocenters. The van der Waals surface area contributed by atoms with Crippen LogP contribution in [0.3, 0.4) is 0 Å². The molecule has 0 saturated heterocycles. The highest BCUT2D eigenvalue weighted by molar-refractivity contribution is 7.86. The van der Waals surface area contributed by atoms with E-state index in [2.05, 4.69) is 11.9 Å². The third-order valence-electron chi connectivity index (χ3n) is 3.19. The molecule has 0 aliphatic heterocycles. The molecular formula is C18H17NO4S. The minimum atomic E-state index is -4.44. The van der Waals surface area contributed by atoms with Crippen molar-refractivity contribution in [2.24, 2.45) is 0 Å². The topological polar surface area (TPSA) is 83.5 Å². The lowest BCUT2D eigenvalue weighted by Gasteiger charge is -2.09. The number of benzene rings is 2. The highest BCUT2D eigenvalue weighted by Crippen LogP contribution is 2.23. The van der Waals surface area contributed by atoms with Crippen LogP contribution in [0.25, 0.3) is 12.2 Å². The van der Waals surface area contributed by atoms with E-state index >= 15 is 0 Å². The molecule has 0 heterocycles. The second-order valence-electron chi connectivity index (χ2n) is 5.21. The maximum absolute atomic E-state index is 11.6. The summed E-state index contributed by atoms with van der Waals surface area (Å²) in [5.41, 5.74) is 1.75. The smallest absolute Gasteiger partial charge is 0.295 e. The molecule has 2 aromatic carbocycles. The van der Waals surface area contributed by atoms with Gasteiger partial charge in [0.05, 0.1) is 0 Å². The van der Waals surface area contributed by atoms with Crippen molar-refractivity contribution in [3.63, 3.8) is 0 Å². The van der Waals surface area contributed by atoms with Gasteiger partial charge in [0.2, 0.25) is 0 Å². The van der Waals surface area contributed by atoms with Gasteiger partial charge in [-0.25, -0.2) is 0 Å². The Labute approximate surface area is 141 Å². The van der Waals surface area contributed by atoms with Crippen molar-refractivity contribution in [3.05, 3.63) is 71.8 Å². The van der Waals surface area contributed by atoms with Crippen molar-refractivity contribution < 1.29 is 17.8 Å². The second kappa shape index (κ2) is 7.25. The zero-order valence-corrected chi connectivity index (χ0v) is 13.9. The number of carbonyl (C=O) groups excluding carboxylic acids is 1. The fourth-order valence-electron chi connectivity index (χ4n) is 1.96. The first-order valence-corrected chi connectivity index (χ1v) is 8.53. The summed E-state index contributed by atoms with van der Waals surface area (Å²) in [6.45, 7) is 5.05. The molecule has 0 aliphatic carbocycles. The second-order valence-corrected chi connectivity index (χ2v) is 6.60. The van der Waals surface area contributed by atoms with Crippen molar-refractivity contribution in [1.29, 1.82) is 0 Å². The Hall–Kier alpha value is -2.70. The van der Waals surface area contributed by atoms with Crippen LogP contribution in [0.4, 0.5) is 5.69 Å². The zero-order chi connectivity index (χ0) is 17.7. The van der Waals surface area contributed by atoms with Crippen LogP contribution in [0.1, 0.15) is 18.1 Å². The van der Waals surface area contributed by atoms with E-state index in [9.17, 15) is 17.8 Å². The van der Waals surface area contributed by atoms with E-state index in [1.807, 2.05) is 30.3 Å². The maximum Gasteiger partial charge on any atom is 0.295 e. The Bertz CT molecular complexity index is 900. The number of rotatable bonds is 5. The van der Waals surface area contributed by atoms with Crippen molar-refractivity contribution in [2.45, 2.75) is 11.8 Å². The van der Waals surface area contributed by atoms with Crippen molar-refractivity contribution in [3.8, 4) is 0 Å². The first-order valence-electron chi connectivity index (χ1n) is 7.09. The molecule has 0 bridgehead atoms. The largest absolute Gasteiger partial charge is 0.322 e. The minimum absolute atomic E-state index is 0.257. The lowest BCUT2D eigenvalue weighted by Crippen LogP contribution is -2.12. The number of anilines is 1. The molecule has 0 aromatic heterocycles. The van der Waals surface area contributed by atoms with Crippen LogP contribution in [0.2, 0.25) is 0 Å². The first-order chi connectivity index (χ1) is 11.3. The van der Waals surface area contributed by atoms with Crippen LogP contribution in [-0.4, -0.2) is 18.9 Å². The average molecular weight is 343 g/mol. The van der Waals surface area contributed by atoms with Crippen molar-refractivity contribution in [2.75, 3.05) is 5.32 Å². The molecule has 124 valence electrons. The first kappa shape index (κ1) is 17.7. The third kappa shape index (κ3) is 4.65. The number of nitrogens with one attached hydrogen (secondary N) is 1. The molecule has 2 rings (SSSR count). The monoisotopic (exact) mass is 343 g/mol. The molecule has 2 N–H and O–H groups in total. The fourth-order valence-corrected chi connectivity index (χ4v) is 2.67. The Balaban J connectivity index is 2.40. The summed E-state index contributed by atoms with van der Waals surface area (Å²) in [6, 6.07) is 13.6. The minimum Gasteiger partial charge on any atom is -0.322 e. The summed E-state index contributed by atoms with van der Waals surface area (Å²) in [7, 11) is -4.44. The van der Waals surface area contributed by atoms with E-state index < -0.39 is 16.0 Å². The molecule has 0 unspecified atom stereocenters. The van der Waals surface area contributed by atoms with Crippen LogP contribution in [-0.2, 0) is 14.9 Å². The van der Waals surface area contributed by atoms with Crippen molar-refractivity contribution in [1.82, 2.24) is 0 Å². The Morgan fingerprint density at radius 2 is 1.79 bits per heavy atom. The molecule has 24 heavy (non-hydrogen) atoms. The quantitative estimate of drug-likeness (QED) is 0.493. The number of hydrogen-bond acceptors (Lipinski definition) is 3. The summed E-state index contributed by atoms with van der Waals surface area (Å²) >= 11 is 0. The third-order valence-corrected chi connectivity index (χ3v) is 4.10. The summed E-state index contributed by atoms with van der Waals surface area (Å²) in [5, 5.41) is 2.52. The maximum atomic E-state index is 11.6. The van der Waals surface area contributed by atoms with Gasteiger partial charge in [0, 0.05) is 11.3 Å². The average Bonchev–Trinajstić information content (AvgIpc) is 2.53. The van der Waals surface area contributed by atoms with Crippen LogP contribution < -0.4 is 5.32 Å². The lowest BCUT2D eigenvalue weighted by molar-refractivity contribution is -0.112. The number of carbonyl (C=O) groups is 1. The Morgan fingerprint density at radius 3 is 2.38 bits per heavy atom. The predicted molar refractivity (Wildman–Crippen MR) is 95.1 cm³/mol. The molecular weight excluding hydrogens is 326 g/mol. The number of amides is 1. The van der Waals surface area contributed by atoms with Gasteiger partial charge in [-0.05, 0) is 30.2 Å². The van der Waals surface area contributed by atoms with E-state index in [0.29, 0.717) is 5.56 Å². The summed E-state index contributed by atoms with van der Waals surface area (Å²) in [5.74, 6) is -0.427. The molecule has 0 fully saturated rings. The lowest BCUT2D eigenvalue weighted by atomic mass is 10.1. The van der Waals surface area contributed by atoms with Crippen molar-refractivity contribution >= 4 is 33.9 Å². The zero-order valence-electron chi connectivity index (χ0n) is 13.1. The molecule has 5 nitrogen and oxygen atoms in total. The normalized spacial score (nSPS) is 11.4. The van der Waals surface area contributed by atoms with Crippen LogP contribution in [0.5, 0.6) is 0 Å². The number of hydrogen-bond donors (Lipinski definition) is 2. The molecule has 1 amide bonds. The van der Waals surface area contributed by atoms with E-state index in [0.717, 1.165) is 5.56 Å². The van der Waals surface area contributed by atoms with Gasteiger partial charge in [0.15, 0.2) is 0 Å². The van der Waals surface area contributed by atoms with E-state index in [-0.39, 0.29) is 16.2 Å². The van der Waals surface area contributed by atoms with Crippen LogP contribution in [0.15, 0.2) is 65.6 Å². The Kier molecular flexibility index (Phi) is 5.33. The summed E-state index contributed by atoms with van der Waals surface area (Å²) in [6.07, 6.45) is 3.32. The highest BCUT2D eigenvalue weighted by atomic mass is 32.2. The summed E-state index contributed by atoms with van der Waals surface area (Å²) in [4.78, 5) is 11.3. The van der Waals surface area contributed by atoms with Gasteiger partial charge < -0.3 is 5.32 Å². The Morgan fingerprint density at radius 1 is 1.12 bits per heavy atom. The van der Waals surface area contributed by atoms with Gasteiger partial charge in [-0.1, -0.05) is 55.1 Å².